The molecule has 0 spiro atoms. The van der Waals surface area contributed by atoms with E-state index in [1.54, 1.807) is 24.3 Å². The normalized spacial score (nSPS) is 10.3. The van der Waals surface area contributed by atoms with Gasteiger partial charge in [0.25, 0.3) is 5.91 Å². The molecule has 10 nitrogen and oxygen atoms in total. The van der Waals surface area contributed by atoms with Crippen LogP contribution < -0.4 is 21.5 Å². The van der Waals surface area contributed by atoms with E-state index in [1.807, 2.05) is 0 Å². The number of carbonyl (C=O) groups excluding carboxylic acids is 2. The molecule has 0 atom stereocenters. The zero-order chi connectivity index (χ0) is 19.6. The van der Waals surface area contributed by atoms with Crippen molar-refractivity contribution in [3.05, 3.63) is 35.7 Å². The molecule has 0 saturated heterocycles. The molecule has 1 aromatic carbocycles. The Morgan fingerprint density at radius 1 is 1.07 bits per heavy atom. The first-order valence-electron chi connectivity index (χ1n) is 8.40. The second-order valence-corrected chi connectivity index (χ2v) is 5.54. The van der Waals surface area contributed by atoms with Gasteiger partial charge in [-0.05, 0) is 30.7 Å². The predicted molar refractivity (Wildman–Crippen MR) is 97.6 cm³/mol. The van der Waals surface area contributed by atoms with Gasteiger partial charge in [0.05, 0.1) is 6.61 Å². The predicted octanol–water partition coefficient (Wildman–Crippen LogP) is 0.688. The van der Waals surface area contributed by atoms with Crippen LogP contribution in [0.1, 0.15) is 35.9 Å². The molecule has 10 heteroatoms. The van der Waals surface area contributed by atoms with Crippen molar-refractivity contribution in [2.45, 2.75) is 26.4 Å². The molecule has 2 aromatic rings. The minimum atomic E-state index is -0.652. The van der Waals surface area contributed by atoms with Crippen molar-refractivity contribution in [3.8, 4) is 5.75 Å². The fourth-order valence-electron chi connectivity index (χ4n) is 2.01. The highest BCUT2D eigenvalue weighted by atomic mass is 16.5. The number of unbranched alkanes of at least 4 members (excludes halogenated alkanes) is 1. The van der Waals surface area contributed by atoms with Gasteiger partial charge in [0.2, 0.25) is 11.9 Å². The Morgan fingerprint density at radius 2 is 1.74 bits per heavy atom. The molecule has 5 N–H and O–H groups in total. The molecule has 0 aliphatic carbocycles. The maximum atomic E-state index is 12.1. The molecule has 0 aliphatic rings. The molecule has 1 heterocycles. The van der Waals surface area contributed by atoms with Crippen LogP contribution in [0.5, 0.6) is 5.75 Å². The molecule has 1 amide bonds. The largest absolute Gasteiger partial charge is 0.494 e. The van der Waals surface area contributed by atoms with Crippen LogP contribution in [0.2, 0.25) is 0 Å². The smallest absolute Gasteiger partial charge is 0.325 e. The van der Waals surface area contributed by atoms with Gasteiger partial charge in [0.1, 0.15) is 12.3 Å². The Bertz CT molecular complexity index is 761. The summed E-state index contributed by atoms with van der Waals surface area (Å²) in [7, 11) is 0. The van der Waals surface area contributed by atoms with E-state index in [-0.39, 0.29) is 30.9 Å². The first-order chi connectivity index (χ1) is 13.0. The number of aromatic nitrogens is 3. The van der Waals surface area contributed by atoms with Gasteiger partial charge in [-0.15, -0.1) is 0 Å². The highest BCUT2D eigenvalue weighted by molar-refractivity contribution is 5.96. The van der Waals surface area contributed by atoms with Crippen LogP contribution in [0.15, 0.2) is 24.3 Å². The number of nitrogen functional groups attached to an aromatic ring is 2. The lowest BCUT2D eigenvalue weighted by atomic mass is 10.2. The first kappa shape index (κ1) is 19.9. The lowest BCUT2D eigenvalue weighted by molar-refractivity contribution is -0.143. The van der Waals surface area contributed by atoms with Crippen molar-refractivity contribution in [2.75, 3.05) is 24.6 Å². The van der Waals surface area contributed by atoms with E-state index in [1.165, 1.54) is 0 Å². The van der Waals surface area contributed by atoms with Crippen LogP contribution in [-0.4, -0.2) is 40.0 Å². The molecule has 0 fully saturated rings. The van der Waals surface area contributed by atoms with E-state index in [0.717, 1.165) is 12.8 Å². The number of esters is 1. The van der Waals surface area contributed by atoms with Gasteiger partial charge in [-0.3, -0.25) is 9.59 Å². The third kappa shape index (κ3) is 6.77. The summed E-state index contributed by atoms with van der Waals surface area (Å²) >= 11 is 0. The molecule has 1 aromatic heterocycles. The summed E-state index contributed by atoms with van der Waals surface area (Å²) in [6.45, 7) is 2.18. The quantitative estimate of drug-likeness (QED) is 0.424. The van der Waals surface area contributed by atoms with E-state index in [0.29, 0.717) is 17.9 Å². The average molecular weight is 374 g/mol. The summed E-state index contributed by atoms with van der Waals surface area (Å²) in [5.74, 6) is -0.372. The Kier molecular flexibility index (Phi) is 7.29. The zero-order valence-electron chi connectivity index (χ0n) is 15.0. The van der Waals surface area contributed by atoms with Crippen molar-refractivity contribution >= 4 is 23.8 Å². The summed E-state index contributed by atoms with van der Waals surface area (Å²) in [5, 5.41) is 2.47. The number of benzene rings is 1. The molecular formula is C17H22N6O4. The number of hydrogen-bond acceptors (Lipinski definition) is 9. The second kappa shape index (κ2) is 9.90. The molecule has 144 valence electrons. The summed E-state index contributed by atoms with van der Waals surface area (Å²) in [4.78, 5) is 35.0. The Hall–Kier alpha value is -3.43. The minimum Gasteiger partial charge on any atom is -0.494 e. The van der Waals surface area contributed by atoms with Crippen LogP contribution in [0.3, 0.4) is 0 Å². The lowest BCUT2D eigenvalue weighted by Crippen LogP contribution is -2.30. The SMILES string of the molecule is CCCCOc1ccc(C(=O)NCC(=O)OCc2nc(N)nc(N)n2)cc1. The van der Waals surface area contributed by atoms with Crippen molar-refractivity contribution in [2.24, 2.45) is 0 Å². The molecule has 0 aliphatic heterocycles. The third-order valence-electron chi connectivity index (χ3n) is 3.35. The van der Waals surface area contributed by atoms with E-state index < -0.39 is 11.9 Å². The summed E-state index contributed by atoms with van der Waals surface area (Å²) < 4.78 is 10.5. The van der Waals surface area contributed by atoms with Crippen LogP contribution in [-0.2, 0) is 16.1 Å². The third-order valence-corrected chi connectivity index (χ3v) is 3.35. The molecule has 0 saturated carbocycles. The summed E-state index contributed by atoms with van der Waals surface area (Å²) in [6, 6.07) is 6.66. The number of carbonyl (C=O) groups is 2. The van der Waals surface area contributed by atoms with Crippen LogP contribution in [0.4, 0.5) is 11.9 Å². The highest BCUT2D eigenvalue weighted by Gasteiger charge is 2.11. The van der Waals surface area contributed by atoms with Gasteiger partial charge in [0.15, 0.2) is 12.4 Å². The van der Waals surface area contributed by atoms with Crippen LogP contribution >= 0.6 is 0 Å². The lowest BCUT2D eigenvalue weighted by Gasteiger charge is -2.08. The van der Waals surface area contributed by atoms with Crippen molar-refractivity contribution in [1.82, 2.24) is 20.3 Å². The van der Waals surface area contributed by atoms with E-state index in [2.05, 4.69) is 27.2 Å². The fourth-order valence-corrected chi connectivity index (χ4v) is 2.01. The van der Waals surface area contributed by atoms with Crippen molar-refractivity contribution in [1.29, 1.82) is 0 Å². The molecule has 0 bridgehead atoms. The number of amides is 1. The van der Waals surface area contributed by atoms with E-state index in [9.17, 15) is 9.59 Å². The van der Waals surface area contributed by atoms with Crippen LogP contribution in [0, 0.1) is 0 Å². The monoisotopic (exact) mass is 374 g/mol. The number of hydrogen-bond donors (Lipinski definition) is 3. The molecule has 0 unspecified atom stereocenters. The maximum Gasteiger partial charge on any atom is 0.325 e. The Balaban J connectivity index is 1.76. The fraction of sp³-hybridized carbons (Fsp3) is 0.353. The van der Waals surface area contributed by atoms with Crippen molar-refractivity contribution in [3.63, 3.8) is 0 Å². The maximum absolute atomic E-state index is 12.1. The van der Waals surface area contributed by atoms with Crippen molar-refractivity contribution < 1.29 is 19.1 Å². The highest BCUT2D eigenvalue weighted by Crippen LogP contribution is 2.12. The van der Waals surface area contributed by atoms with Crippen LogP contribution in [0.25, 0.3) is 0 Å². The summed E-state index contributed by atoms with van der Waals surface area (Å²) in [6.07, 6.45) is 2.01. The van der Waals surface area contributed by atoms with E-state index in [4.69, 9.17) is 20.9 Å². The molecule has 2 rings (SSSR count). The molecule has 0 radical (unpaired) electrons. The number of anilines is 2. The van der Waals surface area contributed by atoms with Gasteiger partial charge >= 0.3 is 5.97 Å². The Morgan fingerprint density at radius 3 is 2.37 bits per heavy atom. The van der Waals surface area contributed by atoms with Gasteiger partial charge in [-0.1, -0.05) is 13.3 Å². The molecule has 27 heavy (non-hydrogen) atoms. The minimum absolute atomic E-state index is 0.0658. The van der Waals surface area contributed by atoms with Gasteiger partial charge in [-0.2, -0.15) is 15.0 Å². The Labute approximate surface area is 156 Å². The number of nitrogens with zero attached hydrogens (tertiary/aromatic N) is 3. The number of nitrogens with one attached hydrogen (secondary N) is 1. The number of ether oxygens (including phenoxy) is 2. The topological polar surface area (TPSA) is 155 Å². The summed E-state index contributed by atoms with van der Waals surface area (Å²) in [5.41, 5.74) is 11.3. The van der Waals surface area contributed by atoms with E-state index >= 15 is 0 Å². The number of nitrogens with two attached hydrogens (primary N) is 2. The average Bonchev–Trinajstić information content (AvgIpc) is 2.64. The number of rotatable bonds is 9. The second-order valence-electron chi connectivity index (χ2n) is 5.54. The molecular weight excluding hydrogens is 352 g/mol. The van der Waals surface area contributed by atoms with Gasteiger partial charge in [-0.25, -0.2) is 0 Å². The first-order valence-corrected chi connectivity index (χ1v) is 8.40. The standard InChI is InChI=1S/C17H22N6O4/c1-2-3-8-26-12-6-4-11(5-7-12)15(25)20-9-14(24)27-10-13-21-16(18)23-17(19)22-13/h4-7H,2-3,8-10H2,1H3,(H,20,25)(H4,18,19,21,22,23). The van der Waals surface area contributed by atoms with Gasteiger partial charge < -0.3 is 26.3 Å². The van der Waals surface area contributed by atoms with Gasteiger partial charge in [0, 0.05) is 5.56 Å². The zero-order valence-corrected chi connectivity index (χ0v) is 15.0.